The number of carboxylic acids is 7. The van der Waals surface area contributed by atoms with E-state index in [-0.39, 0.29) is 0 Å². The van der Waals surface area contributed by atoms with Crippen molar-refractivity contribution in [2.24, 2.45) is 0 Å². The van der Waals surface area contributed by atoms with Crippen LogP contribution >= 0.6 is 0 Å². The average Bonchev–Trinajstić information content (AvgIpc) is 0.781. The minimum atomic E-state index is -2.48. The molecule has 602 valence electrons. The van der Waals surface area contributed by atoms with E-state index in [1.54, 1.807) is 0 Å². The molecule has 4 unspecified atom stereocenters. The molecule has 0 aliphatic carbocycles. The molecule has 49 nitrogen and oxygen atoms in total. The summed E-state index contributed by atoms with van der Waals surface area (Å²) in [5, 5.41) is 231. The fraction of sp³-hybridized carbons (Fsp3) is 0.875. The van der Waals surface area contributed by atoms with Gasteiger partial charge in [-0.05, 0) is 0 Å². The summed E-state index contributed by atoms with van der Waals surface area (Å²) < 4.78 is 121. The van der Waals surface area contributed by atoms with E-state index in [0.29, 0.717) is 0 Å². The molecule has 0 aromatic heterocycles. The Bertz CT molecular complexity index is 2760. The van der Waals surface area contributed by atoms with Crippen molar-refractivity contribution in [2.75, 3.05) is 92.5 Å². The molecular weight excluding hydrogens is 1460 g/mol. The monoisotopic (exact) mass is 1540 g/mol. The number of hydrogen-bond acceptors (Lipinski definition) is 42. The maximum atomic E-state index is 12.1. The van der Waals surface area contributed by atoms with Crippen LogP contribution < -0.4 is 0 Å². The Hall–Kier alpha value is -5.11. The zero-order valence-corrected chi connectivity index (χ0v) is 54.4. The van der Waals surface area contributed by atoms with Gasteiger partial charge in [0.1, 0.15) is 217 Å². The van der Waals surface area contributed by atoms with Gasteiger partial charge in [-0.15, -0.1) is 0 Å². The molecule has 0 spiro atoms. The van der Waals surface area contributed by atoms with Crippen LogP contribution in [0.5, 0.6) is 0 Å². The van der Waals surface area contributed by atoms with Crippen molar-refractivity contribution in [3.05, 3.63) is 0 Å². The summed E-state index contributed by atoms with van der Waals surface area (Å²) in [5.74, 6) is -11.8. The third kappa shape index (κ3) is 21.3. The van der Waals surface area contributed by atoms with Crippen molar-refractivity contribution in [1.29, 1.82) is 0 Å². The second-order valence-corrected chi connectivity index (χ2v) is 24.5. The van der Waals surface area contributed by atoms with Crippen molar-refractivity contribution in [3.63, 3.8) is 0 Å². The van der Waals surface area contributed by atoms with Crippen LogP contribution in [0.3, 0.4) is 0 Å². The molecule has 21 fully saturated rings. The molecule has 14 bridgehead atoms. The Balaban J connectivity index is 1.23. The molecule has 49 heteroatoms. The molecule has 21 aliphatic rings. The molecule has 0 radical (unpaired) electrons. The van der Waals surface area contributed by atoms with E-state index in [1.165, 1.54) is 0 Å². The summed E-state index contributed by atoms with van der Waals surface area (Å²) in [6.45, 7) is -16.8. The highest BCUT2D eigenvalue weighted by molar-refractivity contribution is 5.70. The molecule has 105 heavy (non-hydrogen) atoms. The molecule has 0 amide bonds. The zero-order chi connectivity index (χ0) is 77.0. The van der Waals surface area contributed by atoms with E-state index in [0.717, 1.165) is 0 Å². The Morgan fingerprint density at radius 1 is 0.219 bits per heavy atom. The highest BCUT2D eigenvalue weighted by Gasteiger charge is 2.61. The molecule has 21 rings (SSSR count). The summed E-state index contributed by atoms with van der Waals surface area (Å²) in [6, 6.07) is 0. The molecule has 35 atom stereocenters. The van der Waals surface area contributed by atoms with Gasteiger partial charge < -0.3 is 207 Å². The van der Waals surface area contributed by atoms with E-state index < -0.39 is 349 Å². The van der Waals surface area contributed by atoms with E-state index in [1.807, 2.05) is 0 Å². The minimum absolute atomic E-state index is 0.993. The van der Waals surface area contributed by atoms with Crippen LogP contribution in [0, 0.1) is 0 Å². The maximum Gasteiger partial charge on any atom is 0.329 e. The molecular formula is C56H84O49. The van der Waals surface area contributed by atoms with Crippen LogP contribution in [0.15, 0.2) is 0 Å². The topological polar surface area (TPSA) is 738 Å². The van der Waals surface area contributed by atoms with Gasteiger partial charge >= 0.3 is 41.8 Å². The normalized spacial score (nSPS) is 43.5. The third-order valence-electron chi connectivity index (χ3n) is 17.3. The van der Waals surface area contributed by atoms with Gasteiger partial charge in [0, 0.05) is 0 Å². The Morgan fingerprint density at radius 3 is 0.571 bits per heavy atom. The van der Waals surface area contributed by atoms with Crippen LogP contribution in [0.2, 0.25) is 0 Å². The highest BCUT2D eigenvalue weighted by atomic mass is 16.8. The van der Waals surface area contributed by atoms with Crippen molar-refractivity contribution < 1.29 is 240 Å². The predicted molar refractivity (Wildman–Crippen MR) is 308 cm³/mol. The van der Waals surface area contributed by atoms with Crippen LogP contribution in [0.4, 0.5) is 0 Å². The number of carbonyl (C=O) groups is 7. The molecule has 0 saturated carbocycles. The molecule has 21 saturated heterocycles. The Labute approximate surface area is 588 Å². The van der Waals surface area contributed by atoms with Crippen LogP contribution in [0.1, 0.15) is 0 Å². The largest absolute Gasteiger partial charge is 0.480 e. The van der Waals surface area contributed by atoms with E-state index in [9.17, 15) is 141 Å². The van der Waals surface area contributed by atoms with E-state index >= 15 is 0 Å². The first-order valence-electron chi connectivity index (χ1n) is 31.9. The molecule has 0 aromatic rings. The summed E-state index contributed by atoms with van der Waals surface area (Å²) in [7, 11) is 0. The lowest BCUT2D eigenvalue weighted by molar-refractivity contribution is -0.400. The fourth-order valence-electron chi connectivity index (χ4n) is 12.5. The number of carboxylic acid groups (broad SMARTS) is 7. The quantitative estimate of drug-likeness (QED) is 0.0346. The van der Waals surface area contributed by atoms with E-state index in [2.05, 4.69) is 0 Å². The van der Waals surface area contributed by atoms with Gasteiger partial charge in [-0.2, -0.15) is 0 Å². The Kier molecular flexibility index (Phi) is 31.8. The fourth-order valence-corrected chi connectivity index (χ4v) is 12.5. The second kappa shape index (κ2) is 39.0. The standard InChI is InChI=1S/C56H84O49/c57-1-15-42-47(89-12-26(69)70)36(82)54(93-15)104-44-17(3-59)95-56(38(84)49(44)91-14-28(73)74)105-45-18(4-60)94-55(37(83)48(45)90-13-27(71)72)103-43-16(2-58)92-53(35(81)46(43)88-11-25(67)68)101-41-21(7-87-10-24(65)66)97-51(33(79)30(41)76)99-39-19(5-85-8-22(61)62)96-50(32(78)29(39)75)100-40-20(6-86-9-23(63)64)98-52(102-42)34(80)31(40)77/h15-21,29-60,75-84H,1-14H2,(H,61,62)(H,63,64)(H,65,66)(H,67,68)(H,69,70)(H,71,72)(H,73,74)/t15-,16-,17-,18-,19-,20-,21-,29-,30-,31-,32?,33-,34-,35-,36-,37?,38-,39-,40-,41-,42-,43-,44-,45-,46?,47-,48?,49-,50-,51-,52-,53-,54-,55-,56-/m1/s1. The van der Waals surface area contributed by atoms with Crippen molar-refractivity contribution in [2.45, 2.75) is 215 Å². The first kappa shape index (κ1) is 85.5. The van der Waals surface area contributed by atoms with Gasteiger partial charge in [-0.25, -0.2) is 33.6 Å². The first-order chi connectivity index (χ1) is 49.8. The van der Waals surface area contributed by atoms with Gasteiger partial charge in [0.2, 0.25) is 0 Å². The highest BCUT2D eigenvalue weighted by Crippen LogP contribution is 2.41. The van der Waals surface area contributed by atoms with Gasteiger partial charge in [0.05, 0.1) is 46.2 Å². The van der Waals surface area contributed by atoms with Gasteiger partial charge in [0.25, 0.3) is 0 Å². The summed E-state index contributed by atoms with van der Waals surface area (Å²) in [4.78, 5) is 83.5. The minimum Gasteiger partial charge on any atom is -0.480 e. The number of aliphatic hydroxyl groups is 14. The predicted octanol–water partition coefficient (Wildman–Crippen LogP) is -14.5. The van der Waals surface area contributed by atoms with Crippen LogP contribution in [-0.2, 0) is 133 Å². The Morgan fingerprint density at radius 2 is 0.390 bits per heavy atom. The third-order valence-corrected chi connectivity index (χ3v) is 17.3. The van der Waals surface area contributed by atoms with Crippen LogP contribution in [0.25, 0.3) is 0 Å². The lowest BCUT2D eigenvalue weighted by Gasteiger charge is -2.51. The first-order valence-corrected chi connectivity index (χ1v) is 31.9. The zero-order valence-electron chi connectivity index (χ0n) is 54.4. The lowest BCUT2D eigenvalue weighted by atomic mass is 9.94. The average molecular weight is 1540 g/mol. The van der Waals surface area contributed by atoms with Crippen molar-refractivity contribution in [3.8, 4) is 0 Å². The maximum absolute atomic E-state index is 12.1. The summed E-state index contributed by atoms with van der Waals surface area (Å²) in [5.41, 5.74) is 0. The number of aliphatic hydroxyl groups excluding tert-OH is 14. The van der Waals surface area contributed by atoms with E-state index in [4.69, 9.17) is 99.5 Å². The molecule has 21 N–H and O–H groups in total. The lowest BCUT2D eigenvalue weighted by Crippen LogP contribution is -2.69. The van der Waals surface area contributed by atoms with Gasteiger partial charge in [0.15, 0.2) is 44.0 Å². The number of ether oxygens (including phenoxy) is 21. The smallest absolute Gasteiger partial charge is 0.329 e. The van der Waals surface area contributed by atoms with Gasteiger partial charge in [-0.1, -0.05) is 0 Å². The number of aliphatic carboxylic acids is 7. The van der Waals surface area contributed by atoms with Crippen LogP contribution in [-0.4, -0.2) is 456 Å². The molecule has 21 heterocycles. The summed E-state index contributed by atoms with van der Waals surface area (Å²) >= 11 is 0. The molecule has 0 aromatic carbocycles. The number of rotatable bonds is 28. The summed E-state index contributed by atoms with van der Waals surface area (Å²) in [6.07, 6.45) is -78.6. The van der Waals surface area contributed by atoms with Crippen molar-refractivity contribution >= 4 is 41.8 Å². The van der Waals surface area contributed by atoms with Crippen molar-refractivity contribution in [1.82, 2.24) is 0 Å². The molecule has 21 aliphatic heterocycles. The second-order valence-electron chi connectivity index (χ2n) is 24.5. The number of hydrogen-bond donors (Lipinski definition) is 21. The van der Waals surface area contributed by atoms with Gasteiger partial charge in [-0.3, -0.25) is 0 Å². The SMILES string of the molecule is O=C(O)COC[C@H]1O[C@@H]2O[C@H]3[C@H](OCC(=O)O)[C@@H](O)[C@@H](O[C@H]4[C@H](OCC(=O)O)[C@@H](O)[C@H](O[C@@H]4CO)O[C@H]4C(OCC(=O)O)C(O)[C@H](O[C@@H]4CO)O[C@H]4C(OCC(=O)O)[C@@H](O)[C@@H](O[C@H]5[C@H](O)[C@@H](O)[C@@H](O[C@H]6[C@H](O)C(O)[C@@H](O[C@H]1[C@H](O)[C@H]2O)O[C@@H]6COCC(=O)O)O[C@@H]5COCC(=O)O)O[C@@H]4CO)O[C@@H]3CO.